The third-order valence-electron chi connectivity index (χ3n) is 2.63. The van der Waals surface area contributed by atoms with Crippen molar-refractivity contribution in [2.24, 2.45) is 5.92 Å². The van der Waals surface area contributed by atoms with Crippen LogP contribution >= 0.6 is 0 Å². The number of hydrogen-bond acceptors (Lipinski definition) is 4. The number of carbonyl (C=O) groups is 1. The lowest BCUT2D eigenvalue weighted by Gasteiger charge is -2.15. The molecule has 1 rings (SSSR count). The molecular weight excluding hydrogens is 218 g/mol. The summed E-state index contributed by atoms with van der Waals surface area (Å²) >= 11 is 0. The van der Waals surface area contributed by atoms with E-state index in [0.29, 0.717) is 23.6 Å². The van der Waals surface area contributed by atoms with E-state index in [2.05, 4.69) is 5.32 Å². The van der Waals surface area contributed by atoms with Crippen molar-refractivity contribution in [2.45, 2.75) is 6.92 Å². The Morgan fingerprint density at radius 2 is 1.82 bits per heavy atom. The van der Waals surface area contributed by atoms with Crippen LogP contribution in [0, 0.1) is 5.92 Å². The highest BCUT2D eigenvalue weighted by atomic mass is 16.5. The first-order valence-electron chi connectivity index (χ1n) is 5.55. The van der Waals surface area contributed by atoms with Gasteiger partial charge in [-0.05, 0) is 19.2 Å². The van der Waals surface area contributed by atoms with E-state index in [1.165, 1.54) is 0 Å². The Kier molecular flexibility index (Phi) is 4.97. The number of rotatable bonds is 6. The molecule has 0 radical (unpaired) electrons. The summed E-state index contributed by atoms with van der Waals surface area (Å²) in [5.41, 5.74) is 0.514. The Morgan fingerprint density at radius 3 is 2.24 bits per heavy atom. The van der Waals surface area contributed by atoms with Crippen molar-refractivity contribution in [1.82, 2.24) is 5.32 Å². The van der Waals surface area contributed by atoms with Crippen molar-refractivity contribution >= 4 is 5.78 Å². The molecule has 4 heteroatoms. The lowest BCUT2D eigenvalue weighted by Crippen LogP contribution is -2.24. The predicted octanol–water partition coefficient (Wildman–Crippen LogP) is 1.74. The maximum absolute atomic E-state index is 12.3. The maximum atomic E-state index is 12.3. The van der Waals surface area contributed by atoms with Crippen LogP contribution in [-0.2, 0) is 0 Å². The van der Waals surface area contributed by atoms with Gasteiger partial charge >= 0.3 is 0 Å². The molecule has 1 aromatic rings. The topological polar surface area (TPSA) is 47.6 Å². The fourth-order valence-electron chi connectivity index (χ4n) is 1.74. The zero-order valence-electron chi connectivity index (χ0n) is 10.7. The molecule has 0 aromatic heterocycles. The summed E-state index contributed by atoms with van der Waals surface area (Å²) in [4.78, 5) is 12.3. The second-order valence-electron chi connectivity index (χ2n) is 3.86. The van der Waals surface area contributed by atoms with Crippen LogP contribution in [0.1, 0.15) is 17.3 Å². The van der Waals surface area contributed by atoms with Gasteiger partial charge in [0.2, 0.25) is 0 Å². The Labute approximate surface area is 102 Å². The predicted molar refractivity (Wildman–Crippen MR) is 67.0 cm³/mol. The van der Waals surface area contributed by atoms with Gasteiger partial charge in [0, 0.05) is 12.5 Å². The molecule has 1 aromatic carbocycles. The van der Waals surface area contributed by atoms with Gasteiger partial charge in [-0.1, -0.05) is 13.0 Å². The van der Waals surface area contributed by atoms with Gasteiger partial charge in [-0.3, -0.25) is 4.79 Å². The first kappa shape index (κ1) is 13.5. The number of carbonyl (C=O) groups excluding carboxylic acids is 1. The lowest BCUT2D eigenvalue weighted by molar-refractivity contribution is 0.0923. The van der Waals surface area contributed by atoms with E-state index in [-0.39, 0.29) is 11.7 Å². The van der Waals surface area contributed by atoms with Crippen molar-refractivity contribution in [3.63, 3.8) is 0 Å². The van der Waals surface area contributed by atoms with E-state index in [9.17, 15) is 4.79 Å². The second-order valence-corrected chi connectivity index (χ2v) is 3.86. The summed E-state index contributed by atoms with van der Waals surface area (Å²) in [5.74, 6) is 1.01. The van der Waals surface area contributed by atoms with Crippen LogP contribution in [-0.4, -0.2) is 33.6 Å². The molecule has 1 N–H and O–H groups in total. The van der Waals surface area contributed by atoms with Gasteiger partial charge in [0.1, 0.15) is 17.1 Å². The standard InChI is InChI=1S/C13H19NO3/c1-9(8-14-2)13(15)12-10(16-3)6-5-7-11(12)17-4/h5-7,9,14H,8H2,1-4H3. The molecule has 1 unspecified atom stereocenters. The van der Waals surface area contributed by atoms with Gasteiger partial charge < -0.3 is 14.8 Å². The molecule has 0 amide bonds. The summed E-state index contributed by atoms with van der Waals surface area (Å²) < 4.78 is 10.4. The molecule has 0 saturated heterocycles. The zero-order valence-corrected chi connectivity index (χ0v) is 10.7. The molecule has 0 aliphatic rings. The van der Waals surface area contributed by atoms with E-state index < -0.39 is 0 Å². The molecule has 1 atom stereocenters. The van der Waals surface area contributed by atoms with Crippen molar-refractivity contribution in [1.29, 1.82) is 0 Å². The van der Waals surface area contributed by atoms with Crippen LogP contribution in [0.15, 0.2) is 18.2 Å². The van der Waals surface area contributed by atoms with Crippen LogP contribution in [0.5, 0.6) is 11.5 Å². The molecular formula is C13H19NO3. The number of hydrogen-bond donors (Lipinski definition) is 1. The minimum absolute atomic E-state index is 0.0219. The van der Waals surface area contributed by atoms with Gasteiger partial charge in [0.25, 0.3) is 0 Å². The van der Waals surface area contributed by atoms with E-state index >= 15 is 0 Å². The van der Waals surface area contributed by atoms with Crippen LogP contribution < -0.4 is 14.8 Å². The number of nitrogens with one attached hydrogen (secondary N) is 1. The molecule has 0 fully saturated rings. The zero-order chi connectivity index (χ0) is 12.8. The third kappa shape index (κ3) is 2.97. The summed E-state index contributed by atoms with van der Waals surface area (Å²) in [6, 6.07) is 5.33. The van der Waals surface area contributed by atoms with Crippen molar-refractivity contribution in [3.05, 3.63) is 23.8 Å². The lowest BCUT2D eigenvalue weighted by atomic mass is 9.97. The second kappa shape index (κ2) is 6.25. The fraction of sp³-hybridized carbons (Fsp3) is 0.462. The van der Waals surface area contributed by atoms with E-state index in [0.717, 1.165) is 0 Å². The minimum Gasteiger partial charge on any atom is -0.496 e. The largest absolute Gasteiger partial charge is 0.496 e. The first-order valence-corrected chi connectivity index (χ1v) is 5.55. The fourth-order valence-corrected chi connectivity index (χ4v) is 1.74. The number of benzene rings is 1. The molecule has 4 nitrogen and oxygen atoms in total. The first-order chi connectivity index (χ1) is 8.15. The highest BCUT2D eigenvalue weighted by Crippen LogP contribution is 2.30. The van der Waals surface area contributed by atoms with Crippen LogP contribution in [0.25, 0.3) is 0 Å². The monoisotopic (exact) mass is 237 g/mol. The minimum atomic E-state index is -0.120. The molecule has 17 heavy (non-hydrogen) atoms. The molecule has 0 heterocycles. The van der Waals surface area contributed by atoms with Gasteiger partial charge in [-0.15, -0.1) is 0 Å². The Hall–Kier alpha value is -1.55. The van der Waals surface area contributed by atoms with Gasteiger partial charge in [-0.2, -0.15) is 0 Å². The summed E-state index contributed by atoms with van der Waals surface area (Å²) in [6.45, 7) is 2.50. The normalized spacial score (nSPS) is 12.0. The smallest absolute Gasteiger partial charge is 0.174 e. The Balaban J connectivity index is 3.13. The molecule has 0 spiro atoms. The number of ether oxygens (including phenoxy) is 2. The van der Waals surface area contributed by atoms with Crippen LogP contribution in [0.3, 0.4) is 0 Å². The molecule has 0 bridgehead atoms. The summed E-state index contributed by atoms with van der Waals surface area (Å²) in [5, 5.41) is 2.99. The molecule has 0 aliphatic carbocycles. The molecule has 94 valence electrons. The van der Waals surface area contributed by atoms with E-state index in [1.807, 2.05) is 14.0 Å². The maximum Gasteiger partial charge on any atom is 0.174 e. The quantitative estimate of drug-likeness (QED) is 0.766. The highest BCUT2D eigenvalue weighted by Gasteiger charge is 2.22. The van der Waals surface area contributed by atoms with Gasteiger partial charge in [0.05, 0.1) is 14.2 Å². The average Bonchev–Trinajstić information content (AvgIpc) is 2.37. The average molecular weight is 237 g/mol. The van der Waals surface area contributed by atoms with Gasteiger partial charge in [0.15, 0.2) is 5.78 Å². The van der Waals surface area contributed by atoms with Gasteiger partial charge in [-0.25, -0.2) is 0 Å². The van der Waals surface area contributed by atoms with E-state index in [4.69, 9.17) is 9.47 Å². The SMILES string of the molecule is CNCC(C)C(=O)c1c(OC)cccc1OC. The van der Waals surface area contributed by atoms with Crippen LogP contribution in [0.2, 0.25) is 0 Å². The van der Waals surface area contributed by atoms with E-state index in [1.54, 1.807) is 32.4 Å². The van der Waals surface area contributed by atoms with Crippen molar-refractivity contribution in [3.8, 4) is 11.5 Å². The molecule has 0 aliphatic heterocycles. The Morgan fingerprint density at radius 1 is 1.29 bits per heavy atom. The molecule has 0 saturated carbocycles. The van der Waals surface area contributed by atoms with Crippen molar-refractivity contribution < 1.29 is 14.3 Å². The van der Waals surface area contributed by atoms with Crippen LogP contribution in [0.4, 0.5) is 0 Å². The number of methoxy groups -OCH3 is 2. The third-order valence-corrected chi connectivity index (χ3v) is 2.63. The Bertz CT molecular complexity index is 368. The number of ketones is 1. The highest BCUT2D eigenvalue weighted by molar-refractivity contribution is 6.02. The number of Topliss-reactive ketones (excluding diaryl/α,β-unsaturated/α-hetero) is 1. The van der Waals surface area contributed by atoms with Crippen molar-refractivity contribution in [2.75, 3.05) is 27.8 Å². The summed E-state index contributed by atoms with van der Waals surface area (Å²) in [6.07, 6.45) is 0. The summed E-state index contributed by atoms with van der Waals surface area (Å²) in [7, 11) is 4.92.